The number of amides is 1. The fourth-order valence-corrected chi connectivity index (χ4v) is 5.08. The molecule has 1 amide bonds. The molecule has 2 saturated heterocycles. The molecule has 2 aliphatic heterocycles. The molecule has 1 aromatic carbocycles. The zero-order chi connectivity index (χ0) is 18.9. The molecule has 5 nitrogen and oxygen atoms in total. The van der Waals surface area contributed by atoms with Gasteiger partial charge in [0.05, 0.1) is 17.2 Å². The molecule has 1 aromatic heterocycles. The molecular formula is C23H30N4O. The van der Waals surface area contributed by atoms with E-state index in [1.165, 1.54) is 25.7 Å². The first kappa shape index (κ1) is 17.9. The van der Waals surface area contributed by atoms with Crippen molar-refractivity contribution in [1.82, 2.24) is 14.9 Å². The molecule has 3 heterocycles. The summed E-state index contributed by atoms with van der Waals surface area (Å²) in [7, 11) is 0. The second-order valence-corrected chi connectivity index (χ2v) is 8.76. The molecule has 1 aliphatic carbocycles. The minimum Gasteiger partial charge on any atom is -0.355 e. The second kappa shape index (κ2) is 7.69. The minimum atomic E-state index is 0.341. The lowest BCUT2D eigenvalue weighted by molar-refractivity contribution is -0.136. The Hall–Kier alpha value is -2.17. The van der Waals surface area contributed by atoms with Crippen molar-refractivity contribution >= 4 is 22.8 Å². The van der Waals surface area contributed by atoms with E-state index in [4.69, 9.17) is 4.98 Å². The number of hydrogen-bond acceptors (Lipinski definition) is 4. The van der Waals surface area contributed by atoms with Gasteiger partial charge in [0.2, 0.25) is 5.91 Å². The third-order valence-corrected chi connectivity index (χ3v) is 6.85. The molecule has 1 atom stereocenters. The number of hydrogen-bond donors (Lipinski definition) is 0. The fourth-order valence-electron chi connectivity index (χ4n) is 5.08. The number of likely N-dealkylation sites (tertiary alicyclic amines) is 1. The van der Waals surface area contributed by atoms with Crippen LogP contribution in [-0.4, -0.2) is 46.5 Å². The van der Waals surface area contributed by atoms with Crippen LogP contribution in [0.2, 0.25) is 0 Å². The zero-order valence-corrected chi connectivity index (χ0v) is 16.6. The molecule has 1 saturated carbocycles. The molecule has 5 rings (SSSR count). The lowest BCUT2D eigenvalue weighted by atomic mass is 9.86. The van der Waals surface area contributed by atoms with E-state index < -0.39 is 0 Å². The number of fused-ring (bicyclic) bond motifs is 1. The van der Waals surface area contributed by atoms with Crippen LogP contribution in [0.3, 0.4) is 0 Å². The van der Waals surface area contributed by atoms with Gasteiger partial charge in [-0.3, -0.25) is 9.78 Å². The lowest BCUT2D eigenvalue weighted by Gasteiger charge is -2.41. The summed E-state index contributed by atoms with van der Waals surface area (Å²) in [6.07, 6.45) is 11.4. The molecule has 2 aromatic rings. The van der Waals surface area contributed by atoms with E-state index in [9.17, 15) is 4.79 Å². The maximum Gasteiger partial charge on any atom is 0.225 e. The molecule has 5 heteroatoms. The first-order valence-corrected chi connectivity index (χ1v) is 11.1. The number of carbonyl (C=O) groups excluding carboxylic acids is 1. The van der Waals surface area contributed by atoms with Gasteiger partial charge in [-0.15, -0.1) is 0 Å². The number of aromatic nitrogens is 2. The highest BCUT2D eigenvalue weighted by Crippen LogP contribution is 2.36. The van der Waals surface area contributed by atoms with E-state index in [0.29, 0.717) is 23.8 Å². The van der Waals surface area contributed by atoms with Crippen LogP contribution >= 0.6 is 0 Å². The average Bonchev–Trinajstić information content (AvgIpc) is 3.60. The summed E-state index contributed by atoms with van der Waals surface area (Å²) in [5, 5.41) is 0. The molecule has 0 radical (unpaired) electrons. The lowest BCUT2D eigenvalue weighted by Crippen LogP contribution is -2.48. The van der Waals surface area contributed by atoms with Crippen LogP contribution in [0.5, 0.6) is 0 Å². The second-order valence-electron chi connectivity index (χ2n) is 8.76. The maximum atomic E-state index is 12.9. The normalized spacial score (nSPS) is 24.4. The van der Waals surface area contributed by atoms with Gasteiger partial charge in [0.25, 0.3) is 0 Å². The van der Waals surface area contributed by atoms with Gasteiger partial charge in [0.15, 0.2) is 0 Å². The largest absolute Gasteiger partial charge is 0.355 e. The van der Waals surface area contributed by atoms with E-state index in [1.54, 1.807) is 0 Å². The molecule has 3 fully saturated rings. The Morgan fingerprint density at radius 2 is 1.68 bits per heavy atom. The highest BCUT2D eigenvalue weighted by molar-refractivity contribution is 5.81. The zero-order valence-electron chi connectivity index (χ0n) is 16.6. The third kappa shape index (κ3) is 3.59. The van der Waals surface area contributed by atoms with Gasteiger partial charge in [-0.05, 0) is 56.6 Å². The number of para-hydroxylation sites is 2. The highest BCUT2D eigenvalue weighted by atomic mass is 16.2. The van der Waals surface area contributed by atoms with Crippen LogP contribution in [0.25, 0.3) is 11.0 Å². The maximum absolute atomic E-state index is 12.9. The van der Waals surface area contributed by atoms with Gasteiger partial charge in [-0.25, -0.2) is 4.98 Å². The van der Waals surface area contributed by atoms with Crippen molar-refractivity contribution < 1.29 is 4.79 Å². The van der Waals surface area contributed by atoms with Crippen LogP contribution < -0.4 is 4.90 Å². The van der Waals surface area contributed by atoms with E-state index >= 15 is 0 Å². The summed E-state index contributed by atoms with van der Waals surface area (Å²) < 4.78 is 0. The number of rotatable bonds is 3. The Balaban J connectivity index is 1.27. The Morgan fingerprint density at radius 3 is 2.46 bits per heavy atom. The topological polar surface area (TPSA) is 49.3 Å². The number of carbonyl (C=O) groups is 1. The van der Waals surface area contributed by atoms with Crippen molar-refractivity contribution in [1.29, 1.82) is 0 Å². The van der Waals surface area contributed by atoms with Crippen molar-refractivity contribution in [3.05, 3.63) is 30.5 Å². The SMILES string of the molecule is O=C(C1CC1)N1CCCCC[C@@H]1C1CCN(c2cnc3ccccc3n2)CC1. The number of nitrogens with zero attached hydrogens (tertiary/aromatic N) is 4. The van der Waals surface area contributed by atoms with Crippen molar-refractivity contribution in [3.63, 3.8) is 0 Å². The number of anilines is 1. The fraction of sp³-hybridized carbons (Fsp3) is 0.609. The monoisotopic (exact) mass is 378 g/mol. The minimum absolute atomic E-state index is 0.341. The van der Waals surface area contributed by atoms with Crippen molar-refractivity contribution in [2.75, 3.05) is 24.5 Å². The Labute approximate surface area is 167 Å². The summed E-state index contributed by atoms with van der Waals surface area (Å²) in [4.78, 5) is 26.9. The Morgan fingerprint density at radius 1 is 0.893 bits per heavy atom. The van der Waals surface area contributed by atoms with Gasteiger partial charge < -0.3 is 9.80 Å². The van der Waals surface area contributed by atoms with Crippen LogP contribution in [0.4, 0.5) is 5.82 Å². The van der Waals surface area contributed by atoms with Gasteiger partial charge in [0.1, 0.15) is 5.82 Å². The Bertz CT molecular complexity index is 841. The van der Waals surface area contributed by atoms with Crippen molar-refractivity contribution in [3.8, 4) is 0 Å². The predicted molar refractivity (Wildman–Crippen MR) is 111 cm³/mol. The van der Waals surface area contributed by atoms with Gasteiger partial charge >= 0.3 is 0 Å². The third-order valence-electron chi connectivity index (χ3n) is 6.85. The van der Waals surface area contributed by atoms with Gasteiger partial charge in [0, 0.05) is 31.6 Å². The Kier molecular flexibility index (Phi) is 4.91. The molecule has 3 aliphatic rings. The van der Waals surface area contributed by atoms with E-state index in [-0.39, 0.29) is 0 Å². The van der Waals surface area contributed by atoms with E-state index in [0.717, 1.165) is 62.2 Å². The standard InChI is InChI=1S/C23H30N4O/c28-23(18-9-10-18)27-13-5-1-2-8-21(27)17-11-14-26(15-12-17)22-16-24-19-6-3-4-7-20(19)25-22/h3-4,6-7,16-18,21H,1-2,5,8-15H2/t21-/m1/s1. The number of benzene rings is 1. The van der Waals surface area contributed by atoms with Crippen LogP contribution in [0, 0.1) is 11.8 Å². The molecule has 0 N–H and O–H groups in total. The smallest absolute Gasteiger partial charge is 0.225 e. The first-order valence-electron chi connectivity index (χ1n) is 11.1. The summed E-state index contributed by atoms with van der Waals surface area (Å²) in [5.41, 5.74) is 1.92. The van der Waals surface area contributed by atoms with Crippen molar-refractivity contribution in [2.45, 2.75) is 57.4 Å². The molecule has 0 bridgehead atoms. The first-order chi connectivity index (χ1) is 13.8. The molecule has 148 valence electrons. The van der Waals surface area contributed by atoms with Gasteiger partial charge in [-0.1, -0.05) is 25.0 Å². The van der Waals surface area contributed by atoms with Crippen LogP contribution in [-0.2, 0) is 4.79 Å². The quantitative estimate of drug-likeness (QED) is 0.809. The molecule has 28 heavy (non-hydrogen) atoms. The van der Waals surface area contributed by atoms with Crippen LogP contribution in [0.1, 0.15) is 51.4 Å². The van der Waals surface area contributed by atoms with E-state index in [1.807, 2.05) is 30.5 Å². The molecule has 0 spiro atoms. The number of piperidine rings is 1. The van der Waals surface area contributed by atoms with Crippen LogP contribution in [0.15, 0.2) is 30.5 Å². The summed E-state index contributed by atoms with van der Waals surface area (Å²) in [6.45, 7) is 3.01. The van der Waals surface area contributed by atoms with E-state index in [2.05, 4.69) is 14.8 Å². The predicted octanol–water partition coefficient (Wildman–Crippen LogP) is 4.03. The summed E-state index contributed by atoms with van der Waals surface area (Å²) in [6, 6.07) is 8.52. The van der Waals surface area contributed by atoms with Gasteiger partial charge in [-0.2, -0.15) is 0 Å². The average molecular weight is 379 g/mol. The van der Waals surface area contributed by atoms with Crippen molar-refractivity contribution in [2.24, 2.45) is 11.8 Å². The molecule has 0 unspecified atom stereocenters. The molecular weight excluding hydrogens is 348 g/mol. The summed E-state index contributed by atoms with van der Waals surface area (Å²) >= 11 is 0. The highest BCUT2D eigenvalue weighted by Gasteiger charge is 2.39. The summed E-state index contributed by atoms with van der Waals surface area (Å²) in [5.74, 6) is 2.41.